The van der Waals surface area contributed by atoms with Crippen molar-refractivity contribution in [2.75, 3.05) is 13.7 Å². The summed E-state index contributed by atoms with van der Waals surface area (Å²) in [4.78, 5) is 11.9. The van der Waals surface area contributed by atoms with Gasteiger partial charge in [0.1, 0.15) is 22.2 Å². The highest BCUT2D eigenvalue weighted by Crippen LogP contribution is 2.24. The van der Waals surface area contributed by atoms with Crippen molar-refractivity contribution in [3.05, 3.63) is 53.8 Å². The van der Waals surface area contributed by atoms with Crippen LogP contribution < -0.4 is 14.2 Å². The lowest BCUT2D eigenvalue weighted by atomic mass is 10.1. The Hall–Kier alpha value is -2.45. The fourth-order valence-corrected chi connectivity index (χ4v) is 3.25. The van der Waals surface area contributed by atoms with Gasteiger partial charge in [0.05, 0.1) is 19.8 Å². The number of carbonyl (C=O) groups is 1. The Balaban J connectivity index is 2.18. The first-order valence-corrected chi connectivity index (χ1v) is 9.34. The number of ether oxygens (including phenoxy) is 2. The Morgan fingerprint density at radius 2 is 1.81 bits per heavy atom. The van der Waals surface area contributed by atoms with Gasteiger partial charge < -0.3 is 9.47 Å². The van der Waals surface area contributed by atoms with E-state index in [9.17, 15) is 17.6 Å². The largest absolute Gasteiger partial charge is 0.497 e. The second kappa shape index (κ2) is 8.29. The summed E-state index contributed by atoms with van der Waals surface area (Å²) in [6.45, 7) is 3.15. The smallest absolute Gasteiger partial charge is 0.243 e. The molecule has 0 aliphatic rings. The minimum absolute atomic E-state index is 0.107. The maximum absolute atomic E-state index is 13.7. The van der Waals surface area contributed by atoms with Crippen molar-refractivity contribution in [3.8, 4) is 11.5 Å². The number of methoxy groups -OCH3 is 1. The molecule has 0 saturated carbocycles. The van der Waals surface area contributed by atoms with Crippen molar-refractivity contribution in [2.45, 2.75) is 24.8 Å². The summed E-state index contributed by atoms with van der Waals surface area (Å²) in [6.07, 6.45) is -0.107. The lowest BCUT2D eigenvalue weighted by molar-refractivity contribution is 0.0995. The molecule has 0 aromatic heterocycles. The second-order valence-electron chi connectivity index (χ2n) is 5.74. The number of Topliss-reactive ketones (excluding diaryl/α,β-unsaturated/α-hetero) is 1. The van der Waals surface area contributed by atoms with Gasteiger partial charge in [0.15, 0.2) is 5.78 Å². The van der Waals surface area contributed by atoms with Crippen molar-refractivity contribution in [3.63, 3.8) is 0 Å². The summed E-state index contributed by atoms with van der Waals surface area (Å²) in [6, 6.07) is 9.55. The highest BCUT2D eigenvalue weighted by Gasteiger charge is 2.20. The van der Waals surface area contributed by atoms with Gasteiger partial charge in [-0.3, -0.25) is 4.79 Å². The van der Waals surface area contributed by atoms with Gasteiger partial charge in [-0.2, -0.15) is 0 Å². The van der Waals surface area contributed by atoms with Crippen LogP contribution in [0.5, 0.6) is 11.5 Å². The molecule has 0 spiro atoms. The van der Waals surface area contributed by atoms with Gasteiger partial charge in [-0.25, -0.2) is 17.5 Å². The molecule has 0 atom stereocenters. The Morgan fingerprint density at radius 3 is 2.42 bits per heavy atom. The van der Waals surface area contributed by atoms with E-state index in [1.807, 2.05) is 13.8 Å². The third kappa shape index (κ3) is 5.03. The summed E-state index contributed by atoms with van der Waals surface area (Å²) in [7, 11) is -2.70. The predicted molar refractivity (Wildman–Crippen MR) is 94.7 cm³/mol. The third-order valence-corrected chi connectivity index (χ3v) is 4.79. The molecule has 6 nitrogen and oxygen atoms in total. The van der Waals surface area contributed by atoms with E-state index >= 15 is 0 Å². The van der Waals surface area contributed by atoms with E-state index in [1.54, 1.807) is 6.07 Å². The Morgan fingerprint density at radius 1 is 1.15 bits per heavy atom. The maximum Gasteiger partial charge on any atom is 0.243 e. The normalized spacial score (nSPS) is 11.4. The molecule has 0 bridgehead atoms. The van der Waals surface area contributed by atoms with E-state index < -0.39 is 33.1 Å². The molecule has 0 unspecified atom stereocenters. The van der Waals surface area contributed by atoms with E-state index in [4.69, 9.17) is 9.47 Å². The first-order valence-electron chi connectivity index (χ1n) is 7.86. The number of nitrogens with one attached hydrogen (secondary N) is 1. The number of benzene rings is 2. The molecule has 26 heavy (non-hydrogen) atoms. The van der Waals surface area contributed by atoms with Crippen LogP contribution >= 0.6 is 0 Å². The summed E-state index contributed by atoms with van der Waals surface area (Å²) in [5, 5.41) is 0. The first-order chi connectivity index (χ1) is 12.2. The van der Waals surface area contributed by atoms with E-state index in [2.05, 4.69) is 4.72 Å². The SMILES string of the molecule is COc1cc(OC(C)C)cc(C(=O)CNS(=O)(=O)c2ccccc2F)c1. The van der Waals surface area contributed by atoms with E-state index in [0.717, 1.165) is 12.1 Å². The quantitative estimate of drug-likeness (QED) is 0.711. The molecule has 2 aromatic rings. The van der Waals surface area contributed by atoms with Gasteiger partial charge >= 0.3 is 0 Å². The number of sulfonamides is 1. The van der Waals surface area contributed by atoms with Gasteiger partial charge in [-0.15, -0.1) is 0 Å². The summed E-state index contributed by atoms with van der Waals surface area (Å²) < 4.78 is 50.8. The fourth-order valence-electron chi connectivity index (χ4n) is 2.19. The Kier molecular flexibility index (Phi) is 6.33. The molecule has 0 aliphatic carbocycles. The van der Waals surface area contributed by atoms with E-state index in [-0.39, 0.29) is 11.7 Å². The topological polar surface area (TPSA) is 81.7 Å². The van der Waals surface area contributed by atoms with Gasteiger partial charge in [0.2, 0.25) is 10.0 Å². The number of halogens is 1. The Bertz CT molecular complexity index is 896. The molecule has 140 valence electrons. The number of ketones is 1. The summed E-state index contributed by atoms with van der Waals surface area (Å²) in [5.74, 6) is -0.554. The number of hydrogen-bond donors (Lipinski definition) is 1. The van der Waals surface area contributed by atoms with Crippen LogP contribution in [0.4, 0.5) is 4.39 Å². The molecule has 0 saturated heterocycles. The lowest BCUT2D eigenvalue weighted by Crippen LogP contribution is -2.30. The molecule has 0 aliphatic heterocycles. The zero-order valence-electron chi connectivity index (χ0n) is 14.7. The number of carbonyl (C=O) groups excluding carboxylic acids is 1. The maximum atomic E-state index is 13.7. The summed E-state index contributed by atoms with van der Waals surface area (Å²) >= 11 is 0. The molecule has 2 aromatic carbocycles. The van der Waals surface area contributed by atoms with Crippen LogP contribution in [0.25, 0.3) is 0 Å². The second-order valence-corrected chi connectivity index (χ2v) is 7.48. The first kappa shape index (κ1) is 19.9. The van der Waals surface area contributed by atoms with Crippen LogP contribution in [-0.2, 0) is 10.0 Å². The van der Waals surface area contributed by atoms with E-state index in [1.165, 1.54) is 31.4 Å². The molecule has 1 N–H and O–H groups in total. The third-order valence-electron chi connectivity index (χ3n) is 3.36. The minimum atomic E-state index is -4.15. The van der Waals surface area contributed by atoms with Gasteiger partial charge in [0.25, 0.3) is 0 Å². The van der Waals surface area contributed by atoms with E-state index in [0.29, 0.717) is 11.5 Å². The highest BCUT2D eigenvalue weighted by atomic mass is 32.2. The molecule has 0 fully saturated rings. The van der Waals surface area contributed by atoms with Crippen LogP contribution in [0.2, 0.25) is 0 Å². The van der Waals surface area contributed by atoms with Crippen LogP contribution in [0.3, 0.4) is 0 Å². The monoisotopic (exact) mass is 381 g/mol. The molecular formula is C18H20FNO5S. The van der Waals surface area contributed by atoms with Crippen LogP contribution in [0.1, 0.15) is 24.2 Å². The number of rotatable bonds is 8. The van der Waals surface area contributed by atoms with Crippen molar-refractivity contribution in [1.29, 1.82) is 0 Å². The lowest BCUT2D eigenvalue weighted by Gasteiger charge is -2.13. The molecule has 0 radical (unpaired) electrons. The van der Waals surface area contributed by atoms with Crippen molar-refractivity contribution < 1.29 is 27.1 Å². The summed E-state index contributed by atoms with van der Waals surface area (Å²) in [5.41, 5.74) is 0.219. The standard InChI is InChI=1S/C18H20FNO5S/c1-12(2)25-15-9-13(8-14(10-15)24-3)17(21)11-20-26(22,23)18-7-5-4-6-16(18)19/h4-10,12,20H,11H2,1-3H3. The average Bonchev–Trinajstić information content (AvgIpc) is 2.59. The predicted octanol–water partition coefficient (Wildman–Crippen LogP) is 2.78. The minimum Gasteiger partial charge on any atom is -0.497 e. The average molecular weight is 381 g/mol. The molecule has 0 heterocycles. The van der Waals surface area contributed by atoms with Gasteiger partial charge in [0, 0.05) is 11.6 Å². The zero-order valence-corrected chi connectivity index (χ0v) is 15.5. The molecule has 2 rings (SSSR count). The molecule has 8 heteroatoms. The fraction of sp³-hybridized carbons (Fsp3) is 0.278. The molecular weight excluding hydrogens is 361 g/mol. The van der Waals surface area contributed by atoms with Gasteiger partial charge in [-0.05, 0) is 38.1 Å². The molecule has 0 amide bonds. The van der Waals surface area contributed by atoms with Gasteiger partial charge in [-0.1, -0.05) is 12.1 Å². The Labute approximate surface area is 152 Å². The zero-order chi connectivity index (χ0) is 19.3. The van der Waals surface area contributed by atoms with Crippen molar-refractivity contribution >= 4 is 15.8 Å². The van der Waals surface area contributed by atoms with Crippen molar-refractivity contribution in [2.24, 2.45) is 0 Å². The highest BCUT2D eigenvalue weighted by molar-refractivity contribution is 7.89. The van der Waals surface area contributed by atoms with Crippen molar-refractivity contribution in [1.82, 2.24) is 4.72 Å². The van der Waals surface area contributed by atoms with Crippen LogP contribution in [0.15, 0.2) is 47.4 Å². The van der Waals surface area contributed by atoms with Crippen LogP contribution in [0, 0.1) is 5.82 Å². The van der Waals surface area contributed by atoms with Crippen LogP contribution in [-0.4, -0.2) is 34.0 Å². The number of hydrogen-bond acceptors (Lipinski definition) is 5.